The number of hydrogen-bond acceptors (Lipinski definition) is 5. The maximum absolute atomic E-state index is 13.5. The van der Waals surface area contributed by atoms with Crippen LogP contribution < -0.4 is 10.1 Å². The number of alkyl halides is 2. The van der Waals surface area contributed by atoms with Crippen LogP contribution in [-0.4, -0.2) is 37.4 Å². The van der Waals surface area contributed by atoms with Crippen LogP contribution in [0.3, 0.4) is 0 Å². The van der Waals surface area contributed by atoms with E-state index in [1.165, 1.54) is 6.07 Å². The van der Waals surface area contributed by atoms with Crippen molar-refractivity contribution in [3.63, 3.8) is 0 Å². The van der Waals surface area contributed by atoms with Gasteiger partial charge in [0, 0.05) is 11.9 Å². The van der Waals surface area contributed by atoms with Gasteiger partial charge in [0.05, 0.1) is 10.7 Å². The zero-order valence-electron chi connectivity index (χ0n) is 17.9. The fourth-order valence-corrected chi connectivity index (χ4v) is 5.20. The molecule has 9 heteroatoms. The van der Waals surface area contributed by atoms with E-state index in [9.17, 15) is 22.0 Å². The summed E-state index contributed by atoms with van der Waals surface area (Å²) in [6.07, 6.45) is 1.39. The number of anilines is 1. The standard InChI is InChI=1S/C22H26F2N2O4S/c1-13(2)16-7-5-6-8-17(16)22(11-15(12-22)31(4,28)29)20(27)26-18-10-9-14(3)25-19(18)30-21(23)24/h5-10,13,15,21H,11-12H2,1-4H3,(H,26,27). The third-order valence-electron chi connectivity index (χ3n) is 5.74. The summed E-state index contributed by atoms with van der Waals surface area (Å²) >= 11 is 0. The van der Waals surface area contributed by atoms with Crippen LogP contribution >= 0.6 is 0 Å². The first-order valence-electron chi connectivity index (χ1n) is 9.96. The lowest BCUT2D eigenvalue weighted by Gasteiger charge is -2.46. The Balaban J connectivity index is 2.02. The number of ether oxygens (including phenoxy) is 1. The molecule has 1 saturated carbocycles. The van der Waals surface area contributed by atoms with Gasteiger partial charge in [-0.15, -0.1) is 0 Å². The van der Waals surface area contributed by atoms with Crippen LogP contribution in [-0.2, 0) is 20.0 Å². The summed E-state index contributed by atoms with van der Waals surface area (Å²) in [5.41, 5.74) is 1.06. The Morgan fingerprint density at radius 1 is 1.19 bits per heavy atom. The molecule has 168 valence electrons. The van der Waals surface area contributed by atoms with E-state index in [-0.39, 0.29) is 30.3 Å². The molecule has 6 nitrogen and oxygen atoms in total. The average molecular weight is 453 g/mol. The number of halogens is 2. The number of pyridine rings is 1. The van der Waals surface area contributed by atoms with E-state index in [1.807, 2.05) is 38.1 Å². The molecule has 1 heterocycles. The number of amides is 1. The predicted octanol–water partition coefficient (Wildman–Crippen LogP) is 4.20. The van der Waals surface area contributed by atoms with E-state index >= 15 is 0 Å². The molecule has 1 amide bonds. The van der Waals surface area contributed by atoms with Crippen LogP contribution in [0, 0.1) is 6.92 Å². The number of benzene rings is 1. The zero-order valence-corrected chi connectivity index (χ0v) is 18.7. The van der Waals surface area contributed by atoms with Crippen LogP contribution in [0.2, 0.25) is 0 Å². The zero-order chi connectivity index (χ0) is 23.0. The van der Waals surface area contributed by atoms with Crippen molar-refractivity contribution in [3.05, 3.63) is 53.2 Å². The molecule has 1 N–H and O–H groups in total. The number of aromatic nitrogens is 1. The second kappa shape index (κ2) is 8.53. The van der Waals surface area contributed by atoms with E-state index in [2.05, 4.69) is 15.0 Å². The summed E-state index contributed by atoms with van der Waals surface area (Å²) in [6.45, 7) is 2.51. The number of aryl methyl sites for hydroxylation is 1. The molecule has 0 bridgehead atoms. The molecule has 2 aromatic rings. The number of nitrogens with zero attached hydrogens (tertiary/aromatic N) is 1. The highest BCUT2D eigenvalue weighted by atomic mass is 32.2. The van der Waals surface area contributed by atoms with Crippen LogP contribution in [0.25, 0.3) is 0 Å². The number of rotatable bonds is 7. The first kappa shape index (κ1) is 23.1. The molecule has 3 rings (SSSR count). The van der Waals surface area contributed by atoms with Gasteiger partial charge in [-0.25, -0.2) is 13.4 Å². The van der Waals surface area contributed by atoms with E-state index in [0.717, 1.165) is 17.4 Å². The minimum atomic E-state index is -3.33. The number of hydrogen-bond donors (Lipinski definition) is 1. The minimum absolute atomic E-state index is 0.0140. The van der Waals surface area contributed by atoms with Crippen molar-refractivity contribution in [3.8, 4) is 5.88 Å². The van der Waals surface area contributed by atoms with Crippen molar-refractivity contribution < 1.29 is 26.7 Å². The van der Waals surface area contributed by atoms with Crippen molar-refractivity contribution >= 4 is 21.4 Å². The summed E-state index contributed by atoms with van der Waals surface area (Å²) in [7, 11) is -3.33. The van der Waals surface area contributed by atoms with Crippen molar-refractivity contribution in [2.45, 2.75) is 56.8 Å². The van der Waals surface area contributed by atoms with Crippen molar-refractivity contribution in [2.24, 2.45) is 0 Å². The normalized spacial score (nSPS) is 21.1. The maximum atomic E-state index is 13.5. The monoisotopic (exact) mass is 452 g/mol. The minimum Gasteiger partial charge on any atom is -0.415 e. The van der Waals surface area contributed by atoms with Gasteiger partial charge in [-0.2, -0.15) is 8.78 Å². The van der Waals surface area contributed by atoms with Gasteiger partial charge < -0.3 is 10.1 Å². The first-order chi connectivity index (χ1) is 14.4. The van der Waals surface area contributed by atoms with E-state index in [0.29, 0.717) is 5.69 Å². The fraction of sp³-hybridized carbons (Fsp3) is 0.455. The Kier molecular flexibility index (Phi) is 6.36. The third-order valence-corrected chi connectivity index (χ3v) is 7.28. The van der Waals surface area contributed by atoms with Gasteiger partial charge in [0.1, 0.15) is 15.5 Å². The number of nitrogens with one attached hydrogen (secondary N) is 1. The third kappa shape index (κ3) is 4.71. The summed E-state index contributed by atoms with van der Waals surface area (Å²) in [5, 5.41) is 2.02. The number of carbonyl (C=O) groups is 1. The smallest absolute Gasteiger partial charge is 0.388 e. The highest BCUT2D eigenvalue weighted by molar-refractivity contribution is 7.91. The molecular formula is C22H26F2N2O4S. The van der Waals surface area contributed by atoms with E-state index in [1.54, 1.807) is 13.0 Å². The lowest BCUT2D eigenvalue weighted by Crippen LogP contribution is -2.55. The first-order valence-corrected chi connectivity index (χ1v) is 11.9. The second-order valence-electron chi connectivity index (χ2n) is 8.32. The van der Waals surface area contributed by atoms with E-state index < -0.39 is 33.0 Å². The van der Waals surface area contributed by atoms with Gasteiger partial charge in [0.2, 0.25) is 11.8 Å². The molecule has 0 atom stereocenters. The van der Waals surface area contributed by atoms with Gasteiger partial charge in [-0.05, 0) is 48.9 Å². The van der Waals surface area contributed by atoms with Gasteiger partial charge >= 0.3 is 6.61 Å². The summed E-state index contributed by atoms with van der Waals surface area (Å²) in [6, 6.07) is 10.5. The summed E-state index contributed by atoms with van der Waals surface area (Å²) < 4.78 is 54.3. The van der Waals surface area contributed by atoms with Crippen LogP contribution in [0.15, 0.2) is 36.4 Å². The van der Waals surface area contributed by atoms with Gasteiger partial charge in [-0.3, -0.25) is 4.79 Å². The average Bonchev–Trinajstić information content (AvgIpc) is 2.62. The van der Waals surface area contributed by atoms with Gasteiger partial charge in [0.15, 0.2) is 0 Å². The Hall–Kier alpha value is -2.55. The molecule has 1 aromatic heterocycles. The topological polar surface area (TPSA) is 85.4 Å². The van der Waals surface area contributed by atoms with Crippen LogP contribution in [0.1, 0.15) is 49.4 Å². The molecule has 0 radical (unpaired) electrons. The lowest BCUT2D eigenvalue weighted by atomic mass is 9.61. The van der Waals surface area contributed by atoms with Crippen LogP contribution in [0.4, 0.5) is 14.5 Å². The summed E-state index contributed by atoms with van der Waals surface area (Å²) in [5.74, 6) is -0.739. The quantitative estimate of drug-likeness (QED) is 0.681. The van der Waals surface area contributed by atoms with Crippen molar-refractivity contribution in [1.82, 2.24) is 4.98 Å². The molecule has 1 aliphatic rings. The molecule has 0 aliphatic heterocycles. The predicted molar refractivity (Wildman–Crippen MR) is 114 cm³/mol. The van der Waals surface area contributed by atoms with Gasteiger partial charge in [-0.1, -0.05) is 38.1 Å². The SMILES string of the molecule is Cc1ccc(NC(=O)C2(c3ccccc3C(C)C)CC(S(C)(=O)=O)C2)c(OC(F)F)n1. The van der Waals surface area contributed by atoms with Crippen molar-refractivity contribution in [1.29, 1.82) is 0 Å². The number of carbonyl (C=O) groups excluding carboxylic acids is 1. The Morgan fingerprint density at radius 2 is 1.84 bits per heavy atom. The Labute approximate surface area is 180 Å². The highest BCUT2D eigenvalue weighted by Crippen LogP contribution is 2.49. The largest absolute Gasteiger partial charge is 0.415 e. The molecule has 0 unspecified atom stereocenters. The molecular weight excluding hydrogens is 426 g/mol. The molecule has 1 fully saturated rings. The molecule has 1 aliphatic carbocycles. The lowest BCUT2D eigenvalue weighted by molar-refractivity contribution is -0.124. The van der Waals surface area contributed by atoms with E-state index in [4.69, 9.17) is 0 Å². The summed E-state index contributed by atoms with van der Waals surface area (Å²) in [4.78, 5) is 17.5. The van der Waals surface area contributed by atoms with Crippen molar-refractivity contribution in [2.75, 3.05) is 11.6 Å². The molecule has 1 aromatic carbocycles. The number of sulfone groups is 1. The Morgan fingerprint density at radius 3 is 2.42 bits per heavy atom. The fourth-order valence-electron chi connectivity index (χ4n) is 4.03. The Bertz CT molecular complexity index is 1080. The highest BCUT2D eigenvalue weighted by Gasteiger charge is 2.55. The van der Waals surface area contributed by atoms with Crippen LogP contribution in [0.5, 0.6) is 5.88 Å². The molecule has 0 saturated heterocycles. The molecule has 0 spiro atoms. The van der Waals surface area contributed by atoms with Gasteiger partial charge in [0.25, 0.3) is 0 Å². The molecule has 31 heavy (non-hydrogen) atoms. The maximum Gasteiger partial charge on any atom is 0.388 e. The second-order valence-corrected chi connectivity index (χ2v) is 10.6.